The normalized spacial score (nSPS) is 10.3. The third-order valence-electron chi connectivity index (χ3n) is 2.27. The van der Waals surface area contributed by atoms with E-state index in [2.05, 4.69) is 30.7 Å². The number of pyridine rings is 1. The minimum Gasteiger partial charge on any atom is -0.464 e. The van der Waals surface area contributed by atoms with Gasteiger partial charge in [0.2, 0.25) is 0 Å². The summed E-state index contributed by atoms with van der Waals surface area (Å²) < 4.78 is 7.04. The molecule has 0 amide bonds. The second-order valence-corrected chi connectivity index (χ2v) is 4.55. The molecule has 0 aliphatic heterocycles. The van der Waals surface area contributed by atoms with Crippen molar-refractivity contribution in [3.8, 4) is 0 Å². The fourth-order valence-corrected chi connectivity index (χ4v) is 1.91. The first kappa shape index (κ1) is 12.6. The minimum absolute atomic E-state index is 0.125. The molecule has 0 atom stereocenters. The molecule has 0 aliphatic carbocycles. The number of hydrogen-bond acceptors (Lipinski definition) is 5. The maximum atomic E-state index is 11.4. The number of aromatic nitrogens is 3. The minimum atomic E-state index is -0.543. The Kier molecular flexibility index (Phi) is 3.61. The molecular formula is C11H11BrN4O2. The summed E-state index contributed by atoms with van der Waals surface area (Å²) in [4.78, 5) is 15.4. The molecule has 0 aliphatic rings. The van der Waals surface area contributed by atoms with Crippen LogP contribution in [0.4, 0.5) is 5.69 Å². The summed E-state index contributed by atoms with van der Waals surface area (Å²) in [7, 11) is 1.29. The van der Waals surface area contributed by atoms with E-state index in [9.17, 15) is 4.79 Å². The van der Waals surface area contributed by atoms with Gasteiger partial charge in [-0.15, -0.1) is 0 Å². The van der Waals surface area contributed by atoms with Gasteiger partial charge in [-0.3, -0.25) is 9.67 Å². The van der Waals surface area contributed by atoms with Crippen LogP contribution in [0.25, 0.3) is 0 Å². The molecule has 6 nitrogen and oxygen atoms in total. The molecule has 2 N–H and O–H groups in total. The molecule has 2 rings (SSSR count). The number of hydrogen-bond donors (Lipinski definition) is 1. The van der Waals surface area contributed by atoms with Crippen LogP contribution in [0, 0.1) is 0 Å². The Morgan fingerprint density at radius 2 is 2.33 bits per heavy atom. The number of halogens is 1. The largest absolute Gasteiger partial charge is 0.464 e. The van der Waals surface area contributed by atoms with Crippen LogP contribution < -0.4 is 5.73 Å². The molecule has 0 saturated carbocycles. The molecule has 7 heteroatoms. The summed E-state index contributed by atoms with van der Waals surface area (Å²) in [6, 6.07) is 1.92. The topological polar surface area (TPSA) is 83.0 Å². The van der Waals surface area contributed by atoms with Crippen LogP contribution in [-0.2, 0) is 11.3 Å². The highest BCUT2D eigenvalue weighted by Gasteiger charge is 2.15. The molecule has 18 heavy (non-hydrogen) atoms. The van der Waals surface area contributed by atoms with Crippen LogP contribution in [0.5, 0.6) is 0 Å². The van der Waals surface area contributed by atoms with Crippen molar-refractivity contribution in [2.24, 2.45) is 0 Å². The number of nitrogen functional groups attached to an aromatic ring is 1. The lowest BCUT2D eigenvalue weighted by molar-refractivity contribution is 0.0594. The number of carbonyl (C=O) groups excluding carboxylic acids is 1. The molecule has 2 aromatic heterocycles. The van der Waals surface area contributed by atoms with Gasteiger partial charge in [0.15, 0.2) is 5.69 Å². The van der Waals surface area contributed by atoms with Crippen LogP contribution in [0.3, 0.4) is 0 Å². The molecule has 0 fully saturated rings. The lowest BCUT2D eigenvalue weighted by Gasteiger charge is -2.01. The SMILES string of the molecule is COC(=O)c1nn(Cc2cncc(Br)c2)cc1N. The van der Waals surface area contributed by atoms with Crippen molar-refractivity contribution < 1.29 is 9.53 Å². The summed E-state index contributed by atoms with van der Waals surface area (Å²) in [6.45, 7) is 0.480. The van der Waals surface area contributed by atoms with Gasteiger partial charge in [0.05, 0.1) is 19.3 Å². The van der Waals surface area contributed by atoms with E-state index in [1.807, 2.05) is 6.07 Å². The van der Waals surface area contributed by atoms with E-state index in [1.165, 1.54) is 7.11 Å². The van der Waals surface area contributed by atoms with Gasteiger partial charge in [0.25, 0.3) is 0 Å². The molecule has 0 saturated heterocycles. The Balaban J connectivity index is 2.23. The zero-order chi connectivity index (χ0) is 13.1. The van der Waals surface area contributed by atoms with Gasteiger partial charge in [-0.2, -0.15) is 5.10 Å². The van der Waals surface area contributed by atoms with E-state index >= 15 is 0 Å². The highest BCUT2D eigenvalue weighted by atomic mass is 79.9. The van der Waals surface area contributed by atoms with Crippen molar-refractivity contribution in [1.82, 2.24) is 14.8 Å². The van der Waals surface area contributed by atoms with Gasteiger partial charge in [-0.05, 0) is 27.6 Å². The molecule has 2 aromatic rings. The van der Waals surface area contributed by atoms with Crippen molar-refractivity contribution in [3.63, 3.8) is 0 Å². The Bertz CT molecular complexity index is 582. The Morgan fingerprint density at radius 3 is 3.00 bits per heavy atom. The zero-order valence-corrected chi connectivity index (χ0v) is 11.2. The fraction of sp³-hybridized carbons (Fsp3) is 0.182. The first-order chi connectivity index (χ1) is 8.60. The Hall–Kier alpha value is -1.89. The number of ether oxygens (including phenoxy) is 1. The zero-order valence-electron chi connectivity index (χ0n) is 9.63. The van der Waals surface area contributed by atoms with Crippen molar-refractivity contribution in [2.75, 3.05) is 12.8 Å². The standard InChI is InChI=1S/C11H11BrN4O2/c1-18-11(17)10-9(13)6-16(15-10)5-7-2-8(12)4-14-3-7/h2-4,6H,5,13H2,1H3. The van der Waals surface area contributed by atoms with E-state index in [4.69, 9.17) is 5.73 Å². The van der Waals surface area contributed by atoms with Crippen LogP contribution in [0.1, 0.15) is 16.1 Å². The van der Waals surface area contributed by atoms with Crippen molar-refractivity contribution in [2.45, 2.75) is 6.54 Å². The summed E-state index contributed by atoms with van der Waals surface area (Å²) in [5, 5.41) is 4.08. The average molecular weight is 311 g/mol. The number of carbonyl (C=O) groups is 1. The predicted molar refractivity (Wildman–Crippen MR) is 69.0 cm³/mol. The first-order valence-electron chi connectivity index (χ1n) is 5.11. The summed E-state index contributed by atoms with van der Waals surface area (Å²) in [5.74, 6) is -0.543. The third-order valence-corrected chi connectivity index (χ3v) is 2.71. The lowest BCUT2D eigenvalue weighted by Crippen LogP contribution is -2.07. The first-order valence-corrected chi connectivity index (χ1v) is 5.90. The number of anilines is 1. The molecule has 0 aromatic carbocycles. The van der Waals surface area contributed by atoms with E-state index in [0.717, 1.165) is 10.0 Å². The number of nitrogens with zero attached hydrogens (tertiary/aromatic N) is 3. The van der Waals surface area contributed by atoms with Gasteiger partial charge >= 0.3 is 5.97 Å². The van der Waals surface area contributed by atoms with Crippen molar-refractivity contribution in [3.05, 3.63) is 40.4 Å². The van der Waals surface area contributed by atoms with Gasteiger partial charge in [0, 0.05) is 23.1 Å². The number of methoxy groups -OCH3 is 1. The fourth-order valence-electron chi connectivity index (χ4n) is 1.50. The van der Waals surface area contributed by atoms with Gasteiger partial charge in [0.1, 0.15) is 0 Å². The van der Waals surface area contributed by atoms with E-state index in [-0.39, 0.29) is 5.69 Å². The molecular weight excluding hydrogens is 300 g/mol. The molecule has 0 bridgehead atoms. The van der Waals surface area contributed by atoms with E-state index in [1.54, 1.807) is 23.3 Å². The Labute approximate surface area is 112 Å². The van der Waals surface area contributed by atoms with Crippen LogP contribution in [0.2, 0.25) is 0 Å². The third kappa shape index (κ3) is 2.67. The number of nitrogens with two attached hydrogens (primary N) is 1. The summed E-state index contributed by atoms with van der Waals surface area (Å²) in [6.07, 6.45) is 5.01. The number of rotatable bonds is 3. The second-order valence-electron chi connectivity index (χ2n) is 3.63. The molecule has 0 radical (unpaired) electrons. The lowest BCUT2D eigenvalue weighted by atomic mass is 10.3. The molecule has 0 spiro atoms. The summed E-state index contributed by atoms with van der Waals surface area (Å²) in [5.41, 5.74) is 7.06. The molecule has 94 valence electrons. The van der Waals surface area contributed by atoms with Gasteiger partial charge < -0.3 is 10.5 Å². The maximum Gasteiger partial charge on any atom is 0.360 e. The molecule has 0 unspecified atom stereocenters. The Morgan fingerprint density at radius 1 is 1.56 bits per heavy atom. The van der Waals surface area contributed by atoms with E-state index < -0.39 is 5.97 Å². The smallest absolute Gasteiger partial charge is 0.360 e. The van der Waals surface area contributed by atoms with Gasteiger partial charge in [-0.25, -0.2) is 4.79 Å². The summed E-state index contributed by atoms with van der Waals surface area (Å²) >= 11 is 3.34. The highest BCUT2D eigenvalue weighted by Crippen LogP contribution is 2.14. The van der Waals surface area contributed by atoms with Crippen LogP contribution in [0.15, 0.2) is 29.1 Å². The van der Waals surface area contributed by atoms with Gasteiger partial charge in [-0.1, -0.05) is 0 Å². The average Bonchev–Trinajstić information content (AvgIpc) is 2.69. The monoisotopic (exact) mass is 310 g/mol. The molecule has 2 heterocycles. The number of esters is 1. The second kappa shape index (κ2) is 5.18. The quantitative estimate of drug-likeness (QED) is 0.868. The van der Waals surface area contributed by atoms with Crippen molar-refractivity contribution >= 4 is 27.6 Å². The van der Waals surface area contributed by atoms with Crippen LogP contribution >= 0.6 is 15.9 Å². The maximum absolute atomic E-state index is 11.4. The highest BCUT2D eigenvalue weighted by molar-refractivity contribution is 9.10. The van der Waals surface area contributed by atoms with E-state index in [0.29, 0.717) is 12.2 Å². The van der Waals surface area contributed by atoms with Crippen LogP contribution in [-0.4, -0.2) is 27.8 Å². The predicted octanol–water partition coefficient (Wildman–Crippen LogP) is 1.46. The van der Waals surface area contributed by atoms with Crippen molar-refractivity contribution in [1.29, 1.82) is 0 Å².